The number of hydrogen-bond acceptors (Lipinski definition) is 2. The minimum Gasteiger partial charge on any atom is -0.352 e. The summed E-state index contributed by atoms with van der Waals surface area (Å²) in [6.07, 6.45) is 14.3. The van der Waals surface area contributed by atoms with E-state index in [1.807, 2.05) is 10.8 Å². The van der Waals surface area contributed by atoms with Crippen molar-refractivity contribution in [1.82, 2.24) is 14.9 Å². The molecule has 37 heavy (non-hydrogen) atoms. The first-order chi connectivity index (χ1) is 18.0. The van der Waals surface area contributed by atoms with Crippen LogP contribution < -0.4 is 5.32 Å². The molecule has 2 aliphatic rings. The van der Waals surface area contributed by atoms with Crippen LogP contribution in [0.4, 0.5) is 13.2 Å². The number of halogens is 3. The van der Waals surface area contributed by atoms with Crippen molar-refractivity contribution in [2.45, 2.75) is 82.7 Å². The summed E-state index contributed by atoms with van der Waals surface area (Å²) in [6.45, 7) is 0. The highest BCUT2D eigenvalue weighted by Crippen LogP contribution is 2.37. The number of amides is 1. The van der Waals surface area contributed by atoms with Gasteiger partial charge in [0.05, 0.1) is 0 Å². The molecule has 3 aromatic rings. The Labute approximate surface area is 216 Å². The minimum absolute atomic E-state index is 0.000539. The number of carbonyl (C=O) groups excluding carboxylic acids is 1. The monoisotopic (exact) mass is 509 g/mol. The average Bonchev–Trinajstić information content (AvgIpc) is 3.37. The molecular weight excluding hydrogens is 475 g/mol. The number of hydrogen-bond donors (Lipinski definition) is 1. The Morgan fingerprint density at radius 3 is 2.24 bits per heavy atom. The van der Waals surface area contributed by atoms with E-state index in [0.717, 1.165) is 57.4 Å². The maximum absolute atomic E-state index is 14.5. The molecule has 5 rings (SSSR count). The van der Waals surface area contributed by atoms with Crippen LogP contribution in [0, 0.1) is 23.4 Å². The van der Waals surface area contributed by atoms with E-state index in [1.54, 1.807) is 12.3 Å². The molecule has 0 aliphatic heterocycles. The Hall–Kier alpha value is -3.09. The minimum atomic E-state index is -0.648. The molecule has 1 aromatic heterocycles. The van der Waals surface area contributed by atoms with E-state index in [0.29, 0.717) is 22.5 Å². The van der Waals surface area contributed by atoms with E-state index in [1.165, 1.54) is 37.1 Å². The van der Waals surface area contributed by atoms with Gasteiger partial charge in [0.25, 0.3) is 0 Å². The van der Waals surface area contributed by atoms with Crippen LogP contribution in [0.2, 0.25) is 0 Å². The Kier molecular flexibility index (Phi) is 7.96. The number of nitrogens with one attached hydrogen (secondary N) is 1. The first-order valence-electron chi connectivity index (χ1n) is 13.6. The molecule has 2 aromatic carbocycles. The van der Waals surface area contributed by atoms with Crippen molar-refractivity contribution in [1.29, 1.82) is 0 Å². The largest absolute Gasteiger partial charge is 0.352 e. The molecule has 1 amide bonds. The molecule has 7 heteroatoms. The fourth-order valence-corrected chi connectivity index (χ4v) is 6.08. The quantitative estimate of drug-likeness (QED) is 0.368. The molecule has 196 valence electrons. The van der Waals surface area contributed by atoms with Gasteiger partial charge in [0.15, 0.2) is 0 Å². The van der Waals surface area contributed by atoms with E-state index >= 15 is 0 Å². The van der Waals surface area contributed by atoms with Gasteiger partial charge in [-0.15, -0.1) is 0 Å². The molecule has 4 nitrogen and oxygen atoms in total. The third-order valence-corrected chi connectivity index (χ3v) is 7.99. The first kappa shape index (κ1) is 25.6. The summed E-state index contributed by atoms with van der Waals surface area (Å²) in [5, 5.41) is 3.32. The third kappa shape index (κ3) is 5.91. The van der Waals surface area contributed by atoms with Crippen LogP contribution in [-0.2, 0) is 11.2 Å². The summed E-state index contributed by atoms with van der Waals surface area (Å²) in [4.78, 5) is 18.4. The smallest absolute Gasteiger partial charge is 0.243 e. The highest BCUT2D eigenvalue weighted by molar-refractivity contribution is 5.82. The Balaban J connectivity index is 1.51. The number of nitrogens with zero attached hydrogens (tertiary/aromatic N) is 2. The molecule has 1 atom stereocenters. The number of aromatic nitrogens is 2. The Morgan fingerprint density at radius 2 is 1.54 bits per heavy atom. The summed E-state index contributed by atoms with van der Waals surface area (Å²) in [6, 6.07) is 7.57. The van der Waals surface area contributed by atoms with Gasteiger partial charge in [0.2, 0.25) is 5.91 Å². The van der Waals surface area contributed by atoms with E-state index in [4.69, 9.17) is 0 Å². The molecule has 1 N–H and O–H groups in total. The van der Waals surface area contributed by atoms with Crippen molar-refractivity contribution in [2.75, 3.05) is 0 Å². The molecule has 2 fully saturated rings. The van der Waals surface area contributed by atoms with Crippen molar-refractivity contribution in [3.05, 3.63) is 77.4 Å². The lowest BCUT2D eigenvalue weighted by atomic mass is 9.82. The van der Waals surface area contributed by atoms with Gasteiger partial charge in [0, 0.05) is 36.5 Å². The lowest BCUT2D eigenvalue weighted by molar-refractivity contribution is -0.127. The molecule has 1 unspecified atom stereocenters. The van der Waals surface area contributed by atoms with Gasteiger partial charge in [-0.05, 0) is 60.9 Å². The van der Waals surface area contributed by atoms with Crippen molar-refractivity contribution < 1.29 is 18.0 Å². The van der Waals surface area contributed by atoms with Gasteiger partial charge in [-0.25, -0.2) is 18.2 Å². The second kappa shape index (κ2) is 11.5. The SMILES string of the molecule is O=C(NC1CCCCC1)C(C1CCCCC1)n1ccnc1-c1cc(F)ccc1Cc1ccc(F)cc1F. The summed E-state index contributed by atoms with van der Waals surface area (Å²) in [7, 11) is 0. The molecule has 1 heterocycles. The molecule has 2 saturated carbocycles. The van der Waals surface area contributed by atoms with Gasteiger partial charge < -0.3 is 9.88 Å². The maximum Gasteiger partial charge on any atom is 0.243 e. The van der Waals surface area contributed by atoms with Crippen molar-refractivity contribution >= 4 is 5.91 Å². The molecule has 0 saturated heterocycles. The average molecular weight is 510 g/mol. The Morgan fingerprint density at radius 1 is 0.892 bits per heavy atom. The van der Waals surface area contributed by atoms with E-state index < -0.39 is 23.5 Å². The van der Waals surface area contributed by atoms with E-state index in [9.17, 15) is 18.0 Å². The number of benzene rings is 2. The van der Waals surface area contributed by atoms with Crippen LogP contribution in [0.3, 0.4) is 0 Å². The lowest BCUT2D eigenvalue weighted by Crippen LogP contribution is -2.43. The third-order valence-electron chi connectivity index (χ3n) is 7.99. The fourth-order valence-electron chi connectivity index (χ4n) is 6.08. The predicted octanol–water partition coefficient (Wildman–Crippen LogP) is 7.13. The van der Waals surface area contributed by atoms with Gasteiger partial charge in [-0.3, -0.25) is 4.79 Å². The molecule has 2 aliphatic carbocycles. The fraction of sp³-hybridized carbons (Fsp3) is 0.467. The maximum atomic E-state index is 14.5. The van der Waals surface area contributed by atoms with Crippen LogP contribution in [0.1, 0.15) is 81.4 Å². The van der Waals surface area contributed by atoms with Crippen molar-refractivity contribution in [2.24, 2.45) is 5.92 Å². The highest BCUT2D eigenvalue weighted by atomic mass is 19.1. The molecular formula is C30H34F3N3O. The van der Waals surface area contributed by atoms with Gasteiger partial charge in [0.1, 0.15) is 29.3 Å². The zero-order valence-corrected chi connectivity index (χ0v) is 21.1. The highest BCUT2D eigenvalue weighted by Gasteiger charge is 2.34. The topological polar surface area (TPSA) is 46.9 Å². The van der Waals surface area contributed by atoms with Crippen molar-refractivity contribution in [3.63, 3.8) is 0 Å². The van der Waals surface area contributed by atoms with Crippen LogP contribution >= 0.6 is 0 Å². The van der Waals surface area contributed by atoms with Crippen LogP contribution in [0.25, 0.3) is 11.4 Å². The van der Waals surface area contributed by atoms with Crippen molar-refractivity contribution in [3.8, 4) is 11.4 Å². The number of carbonyl (C=O) groups is 1. The second-order valence-corrected chi connectivity index (χ2v) is 10.6. The number of imidazole rings is 1. The second-order valence-electron chi connectivity index (χ2n) is 10.6. The molecule has 0 bridgehead atoms. The molecule has 0 radical (unpaired) electrons. The van der Waals surface area contributed by atoms with Crippen LogP contribution in [-0.4, -0.2) is 21.5 Å². The summed E-state index contributed by atoms with van der Waals surface area (Å²) < 4.78 is 44.4. The molecule has 0 spiro atoms. The standard InChI is InChI=1S/C30H34F3N3O/c31-23-13-11-21(17-22-12-14-24(32)19-27(22)33)26(18-23)29-34-15-16-36(29)28(20-7-3-1-4-8-20)30(37)35-25-9-5-2-6-10-25/h11-16,18-20,25,28H,1-10,17H2,(H,35,37). The number of rotatable bonds is 7. The predicted molar refractivity (Wildman–Crippen MR) is 137 cm³/mol. The summed E-state index contributed by atoms with van der Waals surface area (Å²) in [5.41, 5.74) is 1.49. The van der Waals surface area contributed by atoms with Gasteiger partial charge >= 0.3 is 0 Å². The normalized spacial score (nSPS) is 18.0. The lowest BCUT2D eigenvalue weighted by Gasteiger charge is -2.33. The summed E-state index contributed by atoms with van der Waals surface area (Å²) >= 11 is 0. The zero-order valence-electron chi connectivity index (χ0n) is 21.1. The first-order valence-corrected chi connectivity index (χ1v) is 13.6. The van der Waals surface area contributed by atoms with Crippen LogP contribution in [0.5, 0.6) is 0 Å². The van der Waals surface area contributed by atoms with Gasteiger partial charge in [-0.1, -0.05) is 50.7 Å². The summed E-state index contributed by atoms with van der Waals surface area (Å²) in [5.74, 6) is -1.07. The van der Waals surface area contributed by atoms with E-state index in [2.05, 4.69) is 10.3 Å². The Bertz CT molecular complexity index is 1230. The zero-order chi connectivity index (χ0) is 25.8. The van der Waals surface area contributed by atoms with Gasteiger partial charge in [-0.2, -0.15) is 0 Å². The van der Waals surface area contributed by atoms with E-state index in [-0.39, 0.29) is 24.3 Å². The van der Waals surface area contributed by atoms with Crippen LogP contribution in [0.15, 0.2) is 48.8 Å².